The lowest BCUT2D eigenvalue weighted by Crippen LogP contribution is -2.37. The first kappa shape index (κ1) is 10.9. The second-order valence-electron chi connectivity index (χ2n) is 2.66. The van der Waals surface area contributed by atoms with Crippen molar-refractivity contribution in [1.29, 1.82) is 0 Å². The lowest BCUT2D eigenvalue weighted by Gasteiger charge is -2.21. The van der Waals surface area contributed by atoms with Crippen molar-refractivity contribution in [1.82, 2.24) is 0 Å². The van der Waals surface area contributed by atoms with Gasteiger partial charge in [0.2, 0.25) is 0 Å². The van der Waals surface area contributed by atoms with Crippen LogP contribution in [0.1, 0.15) is 33.1 Å². The molecule has 3 nitrogen and oxygen atoms in total. The second-order valence-corrected chi connectivity index (χ2v) is 2.66. The molecule has 66 valence electrons. The molecule has 0 aromatic rings. The number of aliphatic hydroxyl groups is 1. The van der Waals surface area contributed by atoms with Gasteiger partial charge in [-0.2, -0.15) is 0 Å². The molecule has 0 bridgehead atoms. The largest absolute Gasteiger partial charge is 0.856 e. The van der Waals surface area contributed by atoms with Gasteiger partial charge in [0.25, 0.3) is 0 Å². The predicted octanol–water partition coefficient (Wildman–Crippen LogP) is 0.380. The third-order valence-corrected chi connectivity index (χ3v) is 1.39. The zero-order valence-corrected chi connectivity index (χ0v) is 7.25. The summed E-state index contributed by atoms with van der Waals surface area (Å²) in [5.74, 6) is 0. The average molecular weight is 159 g/mol. The van der Waals surface area contributed by atoms with E-state index >= 15 is 0 Å². The van der Waals surface area contributed by atoms with Gasteiger partial charge >= 0.3 is 0 Å². The Balaban J connectivity index is 3.15. The quantitative estimate of drug-likeness (QED) is 0.346. The zero-order chi connectivity index (χ0) is 8.69. The Morgan fingerprint density at radius 1 is 1.55 bits per heavy atom. The monoisotopic (exact) mass is 159 g/mol. The maximum Gasteiger partial charge on any atom is 0.186 e. The van der Waals surface area contributed by atoms with Gasteiger partial charge in [0.1, 0.15) is 6.29 Å². The molecule has 0 aliphatic rings. The maximum absolute atomic E-state index is 10.8. The molecule has 0 saturated carbocycles. The van der Waals surface area contributed by atoms with Crippen molar-refractivity contribution in [3.63, 3.8) is 0 Å². The summed E-state index contributed by atoms with van der Waals surface area (Å²) in [6, 6.07) is 0. The Morgan fingerprint density at radius 3 is 2.64 bits per heavy atom. The van der Waals surface area contributed by atoms with E-state index in [2.05, 4.69) is 11.6 Å². The minimum Gasteiger partial charge on any atom is -0.856 e. The third-order valence-electron chi connectivity index (χ3n) is 1.39. The molecule has 0 fully saturated rings. The summed E-state index contributed by atoms with van der Waals surface area (Å²) in [6.07, 6.45) is 2.61. The van der Waals surface area contributed by atoms with Crippen molar-refractivity contribution < 1.29 is 14.8 Å². The van der Waals surface area contributed by atoms with E-state index in [9.17, 15) is 5.02 Å². The highest BCUT2D eigenvalue weighted by atomic mass is 16.6. The molecule has 0 radical (unpaired) electrons. The Bertz CT molecular complexity index is 87.8. The summed E-state index contributed by atoms with van der Waals surface area (Å²) >= 11 is 0. The van der Waals surface area contributed by atoms with Gasteiger partial charge in [0.05, 0.1) is 0 Å². The number of unbranched alkanes of at least 4 members (excludes halogenated alkanes) is 2. The number of rotatable bonds is 6. The van der Waals surface area contributed by atoms with Crippen molar-refractivity contribution in [2.75, 3.05) is 0 Å². The Labute approximate surface area is 68.5 Å². The minimum atomic E-state index is -1.05. The predicted molar refractivity (Wildman–Crippen MR) is 42.9 cm³/mol. The van der Waals surface area contributed by atoms with Crippen LogP contribution in [0.15, 0.2) is 0 Å². The molecule has 1 atom stereocenters. The standard InChI is InChI=1S/C7H16BO3/c1-3-4-5-6-8(10)11-7(2)9/h7,9H,3-6H2,1-2H3/q-1. The van der Waals surface area contributed by atoms with Crippen LogP contribution in [0.4, 0.5) is 0 Å². The Hall–Kier alpha value is -0.0551. The lowest BCUT2D eigenvalue weighted by molar-refractivity contribution is -0.237. The van der Waals surface area contributed by atoms with Crippen LogP contribution in [0.3, 0.4) is 0 Å². The van der Waals surface area contributed by atoms with E-state index in [1.165, 1.54) is 6.92 Å². The first-order valence-corrected chi connectivity index (χ1v) is 4.16. The van der Waals surface area contributed by atoms with Crippen molar-refractivity contribution in [2.45, 2.75) is 45.7 Å². The van der Waals surface area contributed by atoms with E-state index in [0.717, 1.165) is 19.3 Å². The van der Waals surface area contributed by atoms with Gasteiger partial charge in [0, 0.05) is 0 Å². The van der Waals surface area contributed by atoms with Crippen molar-refractivity contribution in [2.24, 2.45) is 0 Å². The summed E-state index contributed by atoms with van der Waals surface area (Å²) < 4.78 is 4.60. The molecule has 0 rings (SSSR count). The molecule has 0 aromatic heterocycles. The molecule has 0 saturated heterocycles. The summed E-state index contributed by atoms with van der Waals surface area (Å²) in [4.78, 5) is 0. The highest BCUT2D eigenvalue weighted by molar-refractivity contribution is 6.40. The fraction of sp³-hybridized carbons (Fsp3) is 1.00. The lowest BCUT2D eigenvalue weighted by atomic mass is 9.82. The van der Waals surface area contributed by atoms with Crippen LogP contribution in [-0.4, -0.2) is 18.5 Å². The molecule has 0 aliphatic carbocycles. The van der Waals surface area contributed by atoms with Crippen molar-refractivity contribution in [3.05, 3.63) is 0 Å². The molecule has 1 unspecified atom stereocenters. The smallest absolute Gasteiger partial charge is 0.186 e. The van der Waals surface area contributed by atoms with E-state index in [-0.39, 0.29) is 0 Å². The molecule has 0 heterocycles. The van der Waals surface area contributed by atoms with Gasteiger partial charge in [-0.05, 0) is 6.92 Å². The molecule has 4 heteroatoms. The van der Waals surface area contributed by atoms with Gasteiger partial charge in [-0.15, -0.1) is 0 Å². The van der Waals surface area contributed by atoms with Gasteiger partial charge in [-0.3, -0.25) is 0 Å². The molecular weight excluding hydrogens is 143 g/mol. The van der Waals surface area contributed by atoms with Crippen molar-refractivity contribution >= 4 is 7.12 Å². The summed E-state index contributed by atoms with van der Waals surface area (Å²) in [6.45, 7) is 3.53. The summed E-state index contributed by atoms with van der Waals surface area (Å²) in [7, 11) is -1.05. The average Bonchev–Trinajstić information content (AvgIpc) is 1.86. The first-order valence-electron chi connectivity index (χ1n) is 4.16. The molecule has 1 N–H and O–H groups in total. The first-order chi connectivity index (χ1) is 5.16. The minimum absolute atomic E-state index is 0.499. The van der Waals surface area contributed by atoms with E-state index in [1.54, 1.807) is 0 Å². The van der Waals surface area contributed by atoms with E-state index < -0.39 is 13.4 Å². The van der Waals surface area contributed by atoms with Crippen LogP contribution in [0, 0.1) is 0 Å². The molecule has 0 amide bonds. The van der Waals surface area contributed by atoms with Crippen LogP contribution in [0.25, 0.3) is 0 Å². The van der Waals surface area contributed by atoms with E-state index in [1.807, 2.05) is 0 Å². The van der Waals surface area contributed by atoms with Gasteiger partial charge in [-0.1, -0.05) is 32.5 Å². The highest BCUT2D eigenvalue weighted by Gasteiger charge is 2.01. The third kappa shape index (κ3) is 7.85. The normalized spacial score (nSPS) is 13.1. The Kier molecular flexibility index (Phi) is 6.61. The molecule has 0 aliphatic heterocycles. The Morgan fingerprint density at radius 2 is 2.18 bits per heavy atom. The maximum atomic E-state index is 10.8. The van der Waals surface area contributed by atoms with Crippen LogP contribution in [-0.2, 0) is 4.65 Å². The van der Waals surface area contributed by atoms with E-state index in [0.29, 0.717) is 6.32 Å². The van der Waals surface area contributed by atoms with Crippen molar-refractivity contribution in [3.8, 4) is 0 Å². The second kappa shape index (κ2) is 6.64. The SMILES string of the molecule is CCCCCB([O-])OC(C)O. The zero-order valence-electron chi connectivity index (χ0n) is 7.25. The van der Waals surface area contributed by atoms with Crippen LogP contribution in [0.2, 0.25) is 6.32 Å². The molecular formula is C7H16BO3-. The fourth-order valence-electron chi connectivity index (χ4n) is 0.849. The highest BCUT2D eigenvalue weighted by Crippen LogP contribution is 2.02. The topological polar surface area (TPSA) is 52.5 Å². The van der Waals surface area contributed by atoms with Crippen LogP contribution < -0.4 is 5.02 Å². The van der Waals surface area contributed by atoms with Crippen LogP contribution in [0.5, 0.6) is 0 Å². The number of aliphatic hydroxyl groups excluding tert-OH is 1. The molecule has 0 spiro atoms. The summed E-state index contributed by atoms with van der Waals surface area (Å²) in [5, 5.41) is 19.5. The number of hydrogen-bond acceptors (Lipinski definition) is 3. The van der Waals surface area contributed by atoms with Gasteiger partial charge in [0.15, 0.2) is 7.12 Å². The molecule has 0 aromatic carbocycles. The van der Waals surface area contributed by atoms with Crippen LogP contribution >= 0.6 is 0 Å². The fourth-order valence-corrected chi connectivity index (χ4v) is 0.849. The molecule has 11 heavy (non-hydrogen) atoms. The van der Waals surface area contributed by atoms with Gasteiger partial charge in [-0.25, -0.2) is 0 Å². The number of hydrogen-bond donors (Lipinski definition) is 1. The van der Waals surface area contributed by atoms with E-state index in [4.69, 9.17) is 5.11 Å². The summed E-state index contributed by atoms with van der Waals surface area (Å²) in [5.41, 5.74) is 0. The van der Waals surface area contributed by atoms with Gasteiger partial charge < -0.3 is 14.8 Å².